The Labute approximate surface area is 97.9 Å². The van der Waals surface area contributed by atoms with Gasteiger partial charge in [-0.05, 0) is 29.4 Å². The third-order valence-corrected chi connectivity index (χ3v) is 2.71. The molecule has 0 bridgehead atoms. The molecule has 0 aliphatic heterocycles. The topological polar surface area (TPSA) is 43.1 Å². The first-order valence-corrected chi connectivity index (χ1v) is 5.77. The van der Waals surface area contributed by atoms with Crippen LogP contribution in [0.3, 0.4) is 0 Å². The minimum absolute atomic E-state index is 0.200. The van der Waals surface area contributed by atoms with Gasteiger partial charge in [-0.1, -0.05) is 45.0 Å². The Balaban J connectivity index is 2.55. The van der Waals surface area contributed by atoms with E-state index in [9.17, 15) is 4.79 Å². The van der Waals surface area contributed by atoms with E-state index in [1.807, 2.05) is 0 Å². The highest BCUT2D eigenvalue weighted by Gasteiger charge is 2.12. The number of carbonyl (C=O) groups is 1. The predicted octanol–water partition coefficient (Wildman–Crippen LogP) is 2.79. The fourth-order valence-corrected chi connectivity index (χ4v) is 1.64. The zero-order valence-corrected chi connectivity index (χ0v) is 10.4. The summed E-state index contributed by atoms with van der Waals surface area (Å²) in [6, 6.07) is 8.61. The molecule has 0 saturated carbocycles. The lowest BCUT2D eigenvalue weighted by atomic mass is 9.86. The van der Waals surface area contributed by atoms with Gasteiger partial charge in [0, 0.05) is 6.42 Å². The lowest BCUT2D eigenvalue weighted by molar-refractivity contribution is -0.118. The van der Waals surface area contributed by atoms with Gasteiger partial charge in [0.05, 0.1) is 0 Å². The standard InChI is InChI=1S/C14H21NO/c1-14(2,3)12-9-7-11(8-10-12)5-4-6-13(15)16/h7-10H,4-6H2,1-3H3,(H2,15,16). The molecule has 0 atom stereocenters. The van der Waals surface area contributed by atoms with Crippen LogP contribution >= 0.6 is 0 Å². The van der Waals surface area contributed by atoms with Crippen molar-refractivity contribution in [1.29, 1.82) is 0 Å². The molecule has 0 aliphatic carbocycles. The largest absolute Gasteiger partial charge is 0.370 e. The van der Waals surface area contributed by atoms with Crippen LogP contribution in [-0.4, -0.2) is 5.91 Å². The molecule has 2 nitrogen and oxygen atoms in total. The second-order valence-electron chi connectivity index (χ2n) is 5.27. The van der Waals surface area contributed by atoms with Gasteiger partial charge >= 0.3 is 0 Å². The second kappa shape index (κ2) is 5.15. The molecule has 0 radical (unpaired) electrons. The average molecular weight is 219 g/mol. The number of nitrogens with two attached hydrogens (primary N) is 1. The Morgan fingerprint density at radius 1 is 1.19 bits per heavy atom. The van der Waals surface area contributed by atoms with Crippen LogP contribution in [0.25, 0.3) is 0 Å². The van der Waals surface area contributed by atoms with Gasteiger partial charge in [0.15, 0.2) is 0 Å². The Bertz CT molecular complexity index is 346. The van der Waals surface area contributed by atoms with E-state index in [2.05, 4.69) is 45.0 Å². The summed E-state index contributed by atoms with van der Waals surface area (Å²) in [5.74, 6) is -0.216. The van der Waals surface area contributed by atoms with Crippen molar-refractivity contribution in [3.8, 4) is 0 Å². The maximum Gasteiger partial charge on any atom is 0.217 e. The van der Waals surface area contributed by atoms with Gasteiger partial charge in [-0.15, -0.1) is 0 Å². The van der Waals surface area contributed by atoms with Crippen LogP contribution in [0.15, 0.2) is 24.3 Å². The van der Waals surface area contributed by atoms with Crippen LogP contribution in [0.5, 0.6) is 0 Å². The molecule has 0 fully saturated rings. The van der Waals surface area contributed by atoms with Gasteiger partial charge in [-0.2, -0.15) is 0 Å². The van der Waals surface area contributed by atoms with E-state index in [-0.39, 0.29) is 11.3 Å². The minimum atomic E-state index is -0.216. The summed E-state index contributed by atoms with van der Waals surface area (Å²) < 4.78 is 0. The van der Waals surface area contributed by atoms with Crippen molar-refractivity contribution in [3.05, 3.63) is 35.4 Å². The SMILES string of the molecule is CC(C)(C)c1ccc(CCCC(N)=O)cc1. The number of hydrogen-bond donors (Lipinski definition) is 1. The summed E-state index contributed by atoms with van der Waals surface area (Å²) in [7, 11) is 0. The van der Waals surface area contributed by atoms with E-state index in [1.165, 1.54) is 11.1 Å². The maximum atomic E-state index is 10.6. The van der Waals surface area contributed by atoms with E-state index in [1.54, 1.807) is 0 Å². The number of primary amides is 1. The van der Waals surface area contributed by atoms with Crippen LogP contribution in [0.1, 0.15) is 44.7 Å². The molecular weight excluding hydrogens is 198 g/mol. The molecule has 0 heterocycles. The van der Waals surface area contributed by atoms with Crippen molar-refractivity contribution < 1.29 is 4.79 Å². The summed E-state index contributed by atoms with van der Waals surface area (Å²) in [6.07, 6.45) is 2.23. The smallest absolute Gasteiger partial charge is 0.217 e. The van der Waals surface area contributed by atoms with Gasteiger partial charge in [-0.3, -0.25) is 4.79 Å². The molecule has 0 aromatic heterocycles. The van der Waals surface area contributed by atoms with Gasteiger partial charge in [0.1, 0.15) is 0 Å². The molecule has 1 aromatic carbocycles. The second-order valence-corrected chi connectivity index (χ2v) is 5.27. The zero-order chi connectivity index (χ0) is 12.2. The van der Waals surface area contributed by atoms with Crippen LogP contribution in [-0.2, 0) is 16.6 Å². The van der Waals surface area contributed by atoms with Crippen LogP contribution in [0.2, 0.25) is 0 Å². The number of benzene rings is 1. The number of hydrogen-bond acceptors (Lipinski definition) is 1. The highest BCUT2D eigenvalue weighted by atomic mass is 16.1. The van der Waals surface area contributed by atoms with Crippen LogP contribution in [0, 0.1) is 0 Å². The van der Waals surface area contributed by atoms with Crippen molar-refractivity contribution in [3.63, 3.8) is 0 Å². The van der Waals surface area contributed by atoms with Gasteiger partial charge in [0.25, 0.3) is 0 Å². The monoisotopic (exact) mass is 219 g/mol. The van der Waals surface area contributed by atoms with Gasteiger partial charge in [-0.25, -0.2) is 0 Å². The lowest BCUT2D eigenvalue weighted by Gasteiger charge is -2.19. The molecule has 0 aliphatic rings. The number of carbonyl (C=O) groups excluding carboxylic acids is 1. The predicted molar refractivity (Wildman–Crippen MR) is 67.3 cm³/mol. The maximum absolute atomic E-state index is 10.6. The first-order chi connectivity index (χ1) is 7.39. The Morgan fingerprint density at radius 2 is 1.75 bits per heavy atom. The zero-order valence-electron chi connectivity index (χ0n) is 10.4. The summed E-state index contributed by atoms with van der Waals surface area (Å²) in [5, 5.41) is 0. The molecule has 1 rings (SSSR count). The molecule has 16 heavy (non-hydrogen) atoms. The molecule has 2 N–H and O–H groups in total. The van der Waals surface area contributed by atoms with E-state index < -0.39 is 0 Å². The third kappa shape index (κ3) is 4.05. The highest BCUT2D eigenvalue weighted by Crippen LogP contribution is 2.22. The average Bonchev–Trinajstić information content (AvgIpc) is 2.16. The van der Waals surface area contributed by atoms with E-state index in [0.717, 1.165) is 12.8 Å². The van der Waals surface area contributed by atoms with Gasteiger partial charge in [0.2, 0.25) is 5.91 Å². The lowest BCUT2D eigenvalue weighted by Crippen LogP contribution is -2.11. The third-order valence-electron chi connectivity index (χ3n) is 2.71. The van der Waals surface area contributed by atoms with E-state index >= 15 is 0 Å². The quantitative estimate of drug-likeness (QED) is 0.831. The molecular formula is C14H21NO. The molecule has 0 spiro atoms. The fraction of sp³-hybridized carbons (Fsp3) is 0.500. The molecule has 1 aromatic rings. The van der Waals surface area contributed by atoms with E-state index in [0.29, 0.717) is 6.42 Å². The molecule has 0 saturated heterocycles. The van der Waals surface area contributed by atoms with Gasteiger partial charge < -0.3 is 5.73 Å². The summed E-state index contributed by atoms with van der Waals surface area (Å²) in [5.41, 5.74) is 7.91. The van der Waals surface area contributed by atoms with Crippen molar-refractivity contribution in [2.75, 3.05) is 0 Å². The molecule has 0 unspecified atom stereocenters. The summed E-state index contributed by atoms with van der Waals surface area (Å²) >= 11 is 0. The van der Waals surface area contributed by atoms with Crippen molar-refractivity contribution in [2.24, 2.45) is 5.73 Å². The summed E-state index contributed by atoms with van der Waals surface area (Å²) in [6.45, 7) is 6.61. The molecule has 2 heteroatoms. The first kappa shape index (κ1) is 12.8. The van der Waals surface area contributed by atoms with Crippen molar-refractivity contribution in [1.82, 2.24) is 0 Å². The first-order valence-electron chi connectivity index (χ1n) is 5.77. The highest BCUT2D eigenvalue weighted by molar-refractivity contribution is 5.73. The Hall–Kier alpha value is -1.31. The fourth-order valence-electron chi connectivity index (χ4n) is 1.64. The normalized spacial score (nSPS) is 11.4. The van der Waals surface area contributed by atoms with Crippen LogP contribution < -0.4 is 5.73 Å². The number of aryl methyl sites for hydroxylation is 1. The minimum Gasteiger partial charge on any atom is -0.370 e. The summed E-state index contributed by atoms with van der Waals surface area (Å²) in [4.78, 5) is 10.6. The van der Waals surface area contributed by atoms with Crippen molar-refractivity contribution >= 4 is 5.91 Å². The molecule has 88 valence electrons. The Morgan fingerprint density at radius 3 is 2.19 bits per heavy atom. The Kier molecular flexibility index (Phi) is 4.11. The van der Waals surface area contributed by atoms with E-state index in [4.69, 9.17) is 5.73 Å². The van der Waals surface area contributed by atoms with Crippen LogP contribution in [0.4, 0.5) is 0 Å². The van der Waals surface area contributed by atoms with Crippen molar-refractivity contribution in [2.45, 2.75) is 45.4 Å². The number of rotatable bonds is 4. The molecule has 1 amide bonds. The number of amides is 1.